The number of ether oxygens (including phenoxy) is 1. The van der Waals surface area contributed by atoms with E-state index in [2.05, 4.69) is 36.6 Å². The third kappa shape index (κ3) is 2.69. The predicted molar refractivity (Wildman–Crippen MR) is 79.7 cm³/mol. The lowest BCUT2D eigenvalue weighted by Gasteiger charge is -2.36. The molecule has 0 aliphatic carbocycles. The maximum atomic E-state index is 10.8. The summed E-state index contributed by atoms with van der Waals surface area (Å²) < 4.78 is 6.98. The second kappa shape index (κ2) is 5.23. The zero-order valence-corrected chi connectivity index (χ0v) is 12.1. The minimum absolute atomic E-state index is 0.212. The fourth-order valence-corrected chi connectivity index (χ4v) is 3.91. The highest BCUT2D eigenvalue weighted by atomic mass is 32.1. The zero-order chi connectivity index (χ0) is 13.3. The van der Waals surface area contributed by atoms with Crippen LogP contribution >= 0.6 is 11.3 Å². The minimum Gasteiger partial charge on any atom is -0.389 e. The molecular formula is C16H20O2S. The Kier molecular flexibility index (Phi) is 3.61. The molecule has 1 aromatic carbocycles. The van der Waals surface area contributed by atoms with Crippen LogP contribution in [-0.2, 0) is 11.2 Å². The largest absolute Gasteiger partial charge is 0.389 e. The topological polar surface area (TPSA) is 29.5 Å². The molecule has 1 aliphatic heterocycles. The molecule has 2 nitrogen and oxygen atoms in total. The van der Waals surface area contributed by atoms with Crippen molar-refractivity contribution < 1.29 is 9.84 Å². The van der Waals surface area contributed by atoms with E-state index in [0.717, 1.165) is 25.7 Å². The van der Waals surface area contributed by atoms with Crippen LogP contribution in [0.1, 0.15) is 31.7 Å². The van der Waals surface area contributed by atoms with Crippen LogP contribution < -0.4 is 0 Å². The molecule has 3 rings (SSSR count). The molecule has 19 heavy (non-hydrogen) atoms. The molecule has 2 heterocycles. The van der Waals surface area contributed by atoms with E-state index in [-0.39, 0.29) is 6.10 Å². The number of aliphatic hydroxyl groups is 1. The molecule has 0 spiro atoms. The molecule has 102 valence electrons. The maximum Gasteiger partial charge on any atom is 0.0735 e. The molecule has 3 heteroatoms. The van der Waals surface area contributed by atoms with Gasteiger partial charge in [-0.15, -0.1) is 11.3 Å². The number of benzene rings is 1. The molecule has 1 aliphatic rings. The van der Waals surface area contributed by atoms with Crippen LogP contribution in [0.5, 0.6) is 0 Å². The summed E-state index contributed by atoms with van der Waals surface area (Å²) in [4.78, 5) is 0. The average Bonchev–Trinajstić information content (AvgIpc) is 2.82. The van der Waals surface area contributed by atoms with Gasteiger partial charge in [-0.1, -0.05) is 25.1 Å². The Morgan fingerprint density at radius 2 is 2.26 bits per heavy atom. The average molecular weight is 276 g/mol. The number of fused-ring (bicyclic) bond motifs is 1. The second-order valence-electron chi connectivity index (χ2n) is 5.51. The highest BCUT2D eigenvalue weighted by molar-refractivity contribution is 7.17. The van der Waals surface area contributed by atoms with Crippen LogP contribution in [-0.4, -0.2) is 23.4 Å². The number of hydrogen-bond acceptors (Lipinski definition) is 3. The van der Waals surface area contributed by atoms with Gasteiger partial charge < -0.3 is 9.84 Å². The van der Waals surface area contributed by atoms with Crippen molar-refractivity contribution in [2.75, 3.05) is 6.61 Å². The van der Waals surface area contributed by atoms with Gasteiger partial charge in [0.2, 0.25) is 0 Å². The first-order chi connectivity index (χ1) is 9.20. The Balaban J connectivity index is 1.83. The van der Waals surface area contributed by atoms with Crippen LogP contribution in [0.4, 0.5) is 0 Å². The van der Waals surface area contributed by atoms with E-state index < -0.39 is 5.60 Å². The molecule has 1 N–H and O–H groups in total. The first-order valence-electron chi connectivity index (χ1n) is 6.99. The summed E-state index contributed by atoms with van der Waals surface area (Å²) in [6.45, 7) is 2.80. The lowest BCUT2D eigenvalue weighted by molar-refractivity contribution is -0.103. The second-order valence-corrected chi connectivity index (χ2v) is 6.42. The standard InChI is InChI=1S/C16H20O2S/c1-2-13-10-16(17,7-8-18-13)9-12-11-19-15-6-4-3-5-14(12)15/h3-6,11,13,17H,2,7-10H2,1H3. The van der Waals surface area contributed by atoms with Crippen molar-refractivity contribution >= 4 is 21.4 Å². The highest BCUT2D eigenvalue weighted by Crippen LogP contribution is 2.34. The van der Waals surface area contributed by atoms with Crippen molar-refractivity contribution in [1.29, 1.82) is 0 Å². The zero-order valence-electron chi connectivity index (χ0n) is 11.3. The molecule has 0 amide bonds. The third-order valence-electron chi connectivity index (χ3n) is 4.06. The molecule has 2 atom stereocenters. The van der Waals surface area contributed by atoms with Crippen LogP contribution in [0.15, 0.2) is 29.6 Å². The Bertz CT molecular complexity index is 563. The normalized spacial score (nSPS) is 27.8. The monoisotopic (exact) mass is 276 g/mol. The summed E-state index contributed by atoms with van der Waals surface area (Å²) in [5, 5.41) is 14.3. The Morgan fingerprint density at radius 1 is 1.42 bits per heavy atom. The molecular weight excluding hydrogens is 256 g/mol. The Morgan fingerprint density at radius 3 is 3.11 bits per heavy atom. The van der Waals surface area contributed by atoms with Crippen LogP contribution in [0.3, 0.4) is 0 Å². The molecule has 2 unspecified atom stereocenters. The van der Waals surface area contributed by atoms with Crippen molar-refractivity contribution in [3.63, 3.8) is 0 Å². The fourth-order valence-electron chi connectivity index (χ4n) is 2.95. The first-order valence-corrected chi connectivity index (χ1v) is 7.87. The van der Waals surface area contributed by atoms with E-state index in [0.29, 0.717) is 6.61 Å². The van der Waals surface area contributed by atoms with E-state index in [1.54, 1.807) is 11.3 Å². The maximum absolute atomic E-state index is 10.8. The van der Waals surface area contributed by atoms with Gasteiger partial charge >= 0.3 is 0 Å². The van der Waals surface area contributed by atoms with Gasteiger partial charge in [-0.2, -0.15) is 0 Å². The summed E-state index contributed by atoms with van der Waals surface area (Å²) in [6.07, 6.45) is 3.44. The summed E-state index contributed by atoms with van der Waals surface area (Å²) in [5.41, 5.74) is 0.683. The molecule has 0 bridgehead atoms. The molecule has 0 saturated carbocycles. The molecule has 2 aromatic rings. The quantitative estimate of drug-likeness (QED) is 0.925. The van der Waals surface area contributed by atoms with Crippen LogP contribution in [0.2, 0.25) is 0 Å². The smallest absolute Gasteiger partial charge is 0.0735 e. The van der Waals surface area contributed by atoms with Gasteiger partial charge in [-0.3, -0.25) is 0 Å². The van der Waals surface area contributed by atoms with Gasteiger partial charge in [-0.25, -0.2) is 0 Å². The lowest BCUT2D eigenvalue weighted by Crippen LogP contribution is -2.42. The first kappa shape index (κ1) is 13.1. The molecule has 1 fully saturated rings. The van der Waals surface area contributed by atoms with E-state index in [1.165, 1.54) is 15.6 Å². The van der Waals surface area contributed by atoms with Gasteiger partial charge in [0.15, 0.2) is 0 Å². The van der Waals surface area contributed by atoms with Crippen LogP contribution in [0, 0.1) is 0 Å². The summed E-state index contributed by atoms with van der Waals surface area (Å²) in [5.74, 6) is 0. The van der Waals surface area contributed by atoms with Crippen molar-refractivity contribution in [2.24, 2.45) is 0 Å². The van der Waals surface area contributed by atoms with Crippen molar-refractivity contribution in [3.05, 3.63) is 35.2 Å². The van der Waals surface area contributed by atoms with Gasteiger partial charge in [0.05, 0.1) is 11.7 Å². The summed E-state index contributed by atoms with van der Waals surface area (Å²) in [7, 11) is 0. The number of hydrogen-bond donors (Lipinski definition) is 1. The van der Waals surface area contributed by atoms with Crippen molar-refractivity contribution in [2.45, 2.75) is 44.3 Å². The molecule has 0 radical (unpaired) electrons. The number of rotatable bonds is 3. The van der Waals surface area contributed by atoms with Gasteiger partial charge in [-0.05, 0) is 35.2 Å². The van der Waals surface area contributed by atoms with Crippen LogP contribution in [0.25, 0.3) is 10.1 Å². The van der Waals surface area contributed by atoms with Crippen molar-refractivity contribution in [3.8, 4) is 0 Å². The summed E-state index contributed by atoms with van der Waals surface area (Å²) >= 11 is 1.77. The van der Waals surface area contributed by atoms with E-state index in [9.17, 15) is 5.11 Å². The Hall–Kier alpha value is -0.900. The van der Waals surface area contributed by atoms with E-state index in [1.807, 2.05) is 0 Å². The van der Waals surface area contributed by atoms with Gasteiger partial charge in [0.25, 0.3) is 0 Å². The minimum atomic E-state index is -0.594. The molecule has 1 saturated heterocycles. The van der Waals surface area contributed by atoms with Gasteiger partial charge in [0.1, 0.15) is 0 Å². The van der Waals surface area contributed by atoms with E-state index >= 15 is 0 Å². The lowest BCUT2D eigenvalue weighted by atomic mass is 9.84. The van der Waals surface area contributed by atoms with Gasteiger partial charge in [0, 0.05) is 24.1 Å². The highest BCUT2D eigenvalue weighted by Gasteiger charge is 2.34. The SMILES string of the molecule is CCC1CC(O)(Cc2csc3ccccc23)CCO1. The summed E-state index contributed by atoms with van der Waals surface area (Å²) in [6, 6.07) is 8.44. The van der Waals surface area contributed by atoms with E-state index in [4.69, 9.17) is 4.74 Å². The van der Waals surface area contributed by atoms with Crippen molar-refractivity contribution in [1.82, 2.24) is 0 Å². The third-order valence-corrected chi connectivity index (χ3v) is 5.08. The molecule has 1 aromatic heterocycles. The fraction of sp³-hybridized carbons (Fsp3) is 0.500. The number of thiophene rings is 1. The Labute approximate surface area is 118 Å². The predicted octanol–water partition coefficient (Wildman–Crippen LogP) is 3.76.